The molecule has 0 atom stereocenters. The fourth-order valence-electron chi connectivity index (χ4n) is 1.72. The Labute approximate surface area is 96.9 Å². The molecule has 0 spiro atoms. The normalized spacial score (nSPS) is 10.8. The van der Waals surface area contributed by atoms with Crippen molar-refractivity contribution in [1.29, 1.82) is 0 Å². The van der Waals surface area contributed by atoms with E-state index in [-0.39, 0.29) is 5.95 Å². The summed E-state index contributed by atoms with van der Waals surface area (Å²) < 4.78 is 1.82. The smallest absolute Gasteiger partial charge is 0.224 e. The molecule has 4 N–H and O–H groups in total. The van der Waals surface area contributed by atoms with E-state index in [1.165, 1.54) is 0 Å². The van der Waals surface area contributed by atoms with Crippen LogP contribution in [0.5, 0.6) is 0 Å². The average Bonchev–Trinajstić information content (AvgIpc) is 2.74. The van der Waals surface area contributed by atoms with Crippen LogP contribution < -0.4 is 11.5 Å². The predicted octanol–water partition coefficient (Wildman–Crippen LogP) is 0.980. The highest BCUT2D eigenvalue weighted by molar-refractivity contribution is 5.83. The first-order chi connectivity index (χ1) is 8.25. The van der Waals surface area contributed by atoms with Gasteiger partial charge >= 0.3 is 0 Å². The van der Waals surface area contributed by atoms with Crippen LogP contribution in [0.3, 0.4) is 0 Å². The Balaban J connectivity index is 2.32. The molecule has 6 heteroatoms. The third-order valence-corrected chi connectivity index (χ3v) is 2.47. The number of rotatable bonds is 1. The van der Waals surface area contributed by atoms with Gasteiger partial charge in [0.15, 0.2) is 17.0 Å². The van der Waals surface area contributed by atoms with Gasteiger partial charge in [-0.05, 0) is 12.1 Å². The summed E-state index contributed by atoms with van der Waals surface area (Å²) in [6.45, 7) is 0. The first kappa shape index (κ1) is 9.59. The van der Waals surface area contributed by atoms with Crippen molar-refractivity contribution in [2.24, 2.45) is 0 Å². The van der Waals surface area contributed by atoms with Gasteiger partial charge in [0.25, 0.3) is 0 Å². The fourth-order valence-corrected chi connectivity index (χ4v) is 1.72. The van der Waals surface area contributed by atoms with Crippen molar-refractivity contribution < 1.29 is 0 Å². The van der Waals surface area contributed by atoms with Crippen molar-refractivity contribution in [1.82, 2.24) is 19.5 Å². The Morgan fingerprint density at radius 3 is 2.53 bits per heavy atom. The maximum absolute atomic E-state index is 5.74. The molecule has 0 fully saturated rings. The Bertz CT molecular complexity index is 673. The summed E-state index contributed by atoms with van der Waals surface area (Å²) in [5.41, 5.74) is 13.5. The Kier molecular flexibility index (Phi) is 1.94. The van der Waals surface area contributed by atoms with E-state index in [4.69, 9.17) is 11.5 Å². The highest BCUT2D eigenvalue weighted by Crippen LogP contribution is 2.20. The molecule has 0 bridgehead atoms. The molecule has 0 aliphatic heterocycles. The maximum atomic E-state index is 5.74. The van der Waals surface area contributed by atoms with Gasteiger partial charge in [0, 0.05) is 5.69 Å². The molecule has 2 heterocycles. The van der Waals surface area contributed by atoms with Crippen molar-refractivity contribution in [2.75, 3.05) is 11.5 Å². The minimum Gasteiger partial charge on any atom is -0.382 e. The minimum atomic E-state index is 0.146. The van der Waals surface area contributed by atoms with Gasteiger partial charge in [0.1, 0.15) is 6.33 Å². The Morgan fingerprint density at radius 2 is 1.76 bits per heavy atom. The lowest BCUT2D eigenvalue weighted by molar-refractivity contribution is 1.06. The number of nitrogens with two attached hydrogens (primary N) is 2. The standard InChI is InChI=1S/C11H10N6/c12-9-8-10(16-11(13)15-9)17(6-14-8)7-4-2-1-3-5-7/h1-6H,(H4,12,13,15,16). The number of benzene rings is 1. The lowest BCUT2D eigenvalue weighted by atomic mass is 10.3. The van der Waals surface area contributed by atoms with E-state index in [0.717, 1.165) is 5.69 Å². The highest BCUT2D eigenvalue weighted by atomic mass is 15.2. The third-order valence-electron chi connectivity index (χ3n) is 2.47. The summed E-state index contributed by atoms with van der Waals surface area (Å²) in [5.74, 6) is 0.440. The van der Waals surface area contributed by atoms with E-state index in [1.54, 1.807) is 6.33 Å². The molecule has 17 heavy (non-hydrogen) atoms. The second-order valence-electron chi connectivity index (χ2n) is 3.59. The van der Waals surface area contributed by atoms with Gasteiger partial charge < -0.3 is 11.5 Å². The zero-order valence-corrected chi connectivity index (χ0v) is 8.91. The summed E-state index contributed by atoms with van der Waals surface area (Å²) >= 11 is 0. The van der Waals surface area contributed by atoms with E-state index < -0.39 is 0 Å². The summed E-state index contributed by atoms with van der Waals surface area (Å²) in [7, 11) is 0. The van der Waals surface area contributed by atoms with Gasteiger partial charge in [-0.3, -0.25) is 4.57 Å². The molecule has 1 aromatic carbocycles. The lowest BCUT2D eigenvalue weighted by Crippen LogP contribution is -2.02. The zero-order valence-electron chi connectivity index (χ0n) is 8.91. The van der Waals surface area contributed by atoms with Crippen molar-refractivity contribution in [3.8, 4) is 5.69 Å². The molecule has 84 valence electrons. The number of fused-ring (bicyclic) bond motifs is 1. The number of hydrogen-bond acceptors (Lipinski definition) is 5. The molecule has 3 aromatic rings. The quantitative estimate of drug-likeness (QED) is 0.644. The number of nitrogen functional groups attached to an aromatic ring is 2. The van der Waals surface area contributed by atoms with Gasteiger partial charge in [0.2, 0.25) is 5.95 Å². The van der Waals surface area contributed by atoms with Crippen molar-refractivity contribution in [3.05, 3.63) is 36.7 Å². The van der Waals surface area contributed by atoms with E-state index in [9.17, 15) is 0 Å². The molecule has 0 unspecified atom stereocenters. The first-order valence-electron chi connectivity index (χ1n) is 5.07. The largest absolute Gasteiger partial charge is 0.382 e. The van der Waals surface area contributed by atoms with Crippen molar-refractivity contribution in [3.63, 3.8) is 0 Å². The topological polar surface area (TPSA) is 95.6 Å². The summed E-state index contributed by atoms with van der Waals surface area (Å²) in [6.07, 6.45) is 1.66. The molecular weight excluding hydrogens is 216 g/mol. The number of nitrogens with zero attached hydrogens (tertiary/aromatic N) is 4. The summed E-state index contributed by atoms with van der Waals surface area (Å²) in [5, 5.41) is 0. The van der Waals surface area contributed by atoms with Gasteiger partial charge in [0.05, 0.1) is 0 Å². The number of para-hydroxylation sites is 1. The van der Waals surface area contributed by atoms with Crippen molar-refractivity contribution in [2.45, 2.75) is 0 Å². The van der Waals surface area contributed by atoms with Gasteiger partial charge in [-0.2, -0.15) is 9.97 Å². The lowest BCUT2D eigenvalue weighted by Gasteiger charge is -2.03. The van der Waals surface area contributed by atoms with Gasteiger partial charge in [-0.15, -0.1) is 0 Å². The van der Waals surface area contributed by atoms with Crippen LogP contribution in [0.25, 0.3) is 16.9 Å². The molecule has 0 radical (unpaired) electrons. The van der Waals surface area contributed by atoms with Crippen LogP contribution in [0.1, 0.15) is 0 Å². The summed E-state index contributed by atoms with van der Waals surface area (Å²) in [4.78, 5) is 12.2. The van der Waals surface area contributed by atoms with Gasteiger partial charge in [-0.1, -0.05) is 18.2 Å². The number of hydrogen-bond donors (Lipinski definition) is 2. The fraction of sp³-hybridized carbons (Fsp3) is 0. The van der Waals surface area contributed by atoms with E-state index >= 15 is 0 Å². The molecule has 0 saturated carbocycles. The predicted molar refractivity (Wildman–Crippen MR) is 65.5 cm³/mol. The van der Waals surface area contributed by atoms with Crippen LogP contribution >= 0.6 is 0 Å². The van der Waals surface area contributed by atoms with Crippen LogP contribution in [-0.2, 0) is 0 Å². The highest BCUT2D eigenvalue weighted by Gasteiger charge is 2.10. The van der Waals surface area contributed by atoms with E-state index in [0.29, 0.717) is 17.0 Å². The summed E-state index contributed by atoms with van der Waals surface area (Å²) in [6, 6.07) is 9.73. The second kappa shape index (κ2) is 3.44. The molecule has 3 rings (SSSR count). The van der Waals surface area contributed by atoms with Crippen LogP contribution in [0, 0.1) is 0 Å². The van der Waals surface area contributed by atoms with Gasteiger partial charge in [-0.25, -0.2) is 4.98 Å². The zero-order chi connectivity index (χ0) is 11.8. The van der Waals surface area contributed by atoms with Crippen molar-refractivity contribution >= 4 is 22.9 Å². The van der Waals surface area contributed by atoms with E-state index in [2.05, 4.69) is 15.0 Å². The third kappa shape index (κ3) is 1.46. The monoisotopic (exact) mass is 226 g/mol. The number of imidazole rings is 1. The molecule has 6 nitrogen and oxygen atoms in total. The second-order valence-corrected chi connectivity index (χ2v) is 3.59. The number of anilines is 2. The molecule has 0 aliphatic carbocycles. The molecule has 0 amide bonds. The van der Waals surface area contributed by atoms with Crippen LogP contribution in [0.15, 0.2) is 36.7 Å². The minimum absolute atomic E-state index is 0.146. The van der Waals surface area contributed by atoms with Crippen LogP contribution in [0.2, 0.25) is 0 Å². The average molecular weight is 226 g/mol. The Hall–Kier alpha value is -2.63. The molecular formula is C11H10N6. The Morgan fingerprint density at radius 1 is 1.00 bits per heavy atom. The first-order valence-corrected chi connectivity index (χ1v) is 5.07. The SMILES string of the molecule is Nc1nc(N)c2ncn(-c3ccccc3)c2n1. The molecule has 2 aromatic heterocycles. The van der Waals surface area contributed by atoms with Crippen LogP contribution in [-0.4, -0.2) is 19.5 Å². The van der Waals surface area contributed by atoms with E-state index in [1.807, 2.05) is 34.9 Å². The maximum Gasteiger partial charge on any atom is 0.224 e. The van der Waals surface area contributed by atoms with Crippen LogP contribution in [0.4, 0.5) is 11.8 Å². The number of aromatic nitrogens is 4. The molecule has 0 aliphatic rings. The molecule has 0 saturated heterocycles.